The van der Waals surface area contributed by atoms with E-state index in [0.717, 1.165) is 0 Å². The highest BCUT2D eigenvalue weighted by atomic mass is 32.2. The van der Waals surface area contributed by atoms with Crippen molar-refractivity contribution in [2.24, 2.45) is 0 Å². The lowest BCUT2D eigenvalue weighted by atomic mass is 10.4. The molecule has 0 saturated heterocycles. The van der Waals surface area contributed by atoms with Crippen molar-refractivity contribution < 1.29 is 0 Å². The molecule has 1 rings (SSSR count). The fourth-order valence-corrected chi connectivity index (χ4v) is 1.98. The molecule has 0 unspecified atom stereocenters. The number of thioether (sulfide) groups is 2. The lowest BCUT2D eigenvalue weighted by molar-refractivity contribution is 1.34. The molecule has 0 amide bonds. The third-order valence-electron chi connectivity index (χ3n) is 1.24. The molecule has 0 saturated carbocycles. The van der Waals surface area contributed by atoms with Crippen LogP contribution in [0.3, 0.4) is 0 Å². The Labute approximate surface area is 81.8 Å². The standard InChI is InChI=1S/C10H10S2/c1-3-11-9-6-5-7-10(8-9)12-4-2/h3-8H,1-2H2. The zero-order valence-corrected chi connectivity index (χ0v) is 8.33. The van der Waals surface area contributed by atoms with E-state index in [0.29, 0.717) is 0 Å². The molecule has 0 bridgehead atoms. The quantitative estimate of drug-likeness (QED) is 0.660. The van der Waals surface area contributed by atoms with Gasteiger partial charge >= 0.3 is 0 Å². The van der Waals surface area contributed by atoms with E-state index >= 15 is 0 Å². The third-order valence-corrected chi connectivity index (χ3v) is 2.63. The van der Waals surface area contributed by atoms with E-state index < -0.39 is 0 Å². The van der Waals surface area contributed by atoms with Gasteiger partial charge in [-0.05, 0) is 29.0 Å². The van der Waals surface area contributed by atoms with Crippen molar-refractivity contribution in [3.05, 3.63) is 48.2 Å². The van der Waals surface area contributed by atoms with E-state index in [9.17, 15) is 0 Å². The first kappa shape index (κ1) is 9.49. The van der Waals surface area contributed by atoms with Gasteiger partial charge in [0.15, 0.2) is 0 Å². The smallest absolute Gasteiger partial charge is 0.0127 e. The first-order valence-electron chi connectivity index (χ1n) is 3.52. The second-order valence-corrected chi connectivity index (χ2v) is 4.12. The van der Waals surface area contributed by atoms with Crippen molar-refractivity contribution in [1.82, 2.24) is 0 Å². The Kier molecular flexibility index (Phi) is 4.05. The fourth-order valence-electron chi connectivity index (χ4n) is 0.813. The Morgan fingerprint density at radius 3 is 1.92 bits per heavy atom. The van der Waals surface area contributed by atoms with E-state index in [2.05, 4.69) is 31.4 Å². The molecule has 0 fully saturated rings. The minimum atomic E-state index is 1.22. The summed E-state index contributed by atoms with van der Waals surface area (Å²) in [6.07, 6.45) is 0. The van der Waals surface area contributed by atoms with Crippen LogP contribution in [0.5, 0.6) is 0 Å². The molecule has 1 aromatic carbocycles. The summed E-state index contributed by atoms with van der Waals surface area (Å²) < 4.78 is 0. The number of hydrogen-bond donors (Lipinski definition) is 0. The van der Waals surface area contributed by atoms with Gasteiger partial charge in [-0.15, -0.1) is 0 Å². The van der Waals surface area contributed by atoms with Crippen molar-refractivity contribution in [3.63, 3.8) is 0 Å². The Bertz CT molecular complexity index is 254. The second-order valence-electron chi connectivity index (χ2n) is 2.04. The van der Waals surface area contributed by atoms with Crippen LogP contribution in [0.15, 0.2) is 58.0 Å². The Morgan fingerprint density at radius 1 is 1.00 bits per heavy atom. The van der Waals surface area contributed by atoms with Gasteiger partial charge in [0.2, 0.25) is 0 Å². The van der Waals surface area contributed by atoms with Gasteiger partial charge in [0.1, 0.15) is 0 Å². The Morgan fingerprint density at radius 2 is 1.50 bits per heavy atom. The highest BCUT2D eigenvalue weighted by molar-refractivity contribution is 8.02. The predicted molar refractivity (Wildman–Crippen MR) is 58.6 cm³/mol. The minimum absolute atomic E-state index is 1.22. The van der Waals surface area contributed by atoms with Crippen molar-refractivity contribution in [3.8, 4) is 0 Å². The number of rotatable bonds is 4. The van der Waals surface area contributed by atoms with Crippen molar-refractivity contribution in [2.45, 2.75) is 9.79 Å². The number of hydrogen-bond acceptors (Lipinski definition) is 2. The summed E-state index contributed by atoms with van der Waals surface area (Å²) in [5, 5.41) is 3.66. The second kappa shape index (κ2) is 5.12. The largest absolute Gasteiger partial charge is 0.0987 e. The molecule has 0 N–H and O–H groups in total. The van der Waals surface area contributed by atoms with E-state index in [-0.39, 0.29) is 0 Å². The average Bonchev–Trinajstić information content (AvgIpc) is 2.06. The van der Waals surface area contributed by atoms with Gasteiger partial charge in [-0.2, -0.15) is 0 Å². The maximum absolute atomic E-state index is 3.67. The van der Waals surface area contributed by atoms with Crippen molar-refractivity contribution in [2.75, 3.05) is 0 Å². The van der Waals surface area contributed by atoms with Gasteiger partial charge in [-0.25, -0.2) is 0 Å². The summed E-state index contributed by atoms with van der Waals surface area (Å²) in [6, 6.07) is 8.30. The SMILES string of the molecule is C=CSc1cccc(SC=C)c1. The molecule has 0 heterocycles. The molecule has 0 aliphatic carbocycles. The summed E-state index contributed by atoms with van der Waals surface area (Å²) in [4.78, 5) is 2.44. The first-order valence-corrected chi connectivity index (χ1v) is 5.28. The predicted octanol–water partition coefficient (Wildman–Crippen LogP) is 4.16. The zero-order chi connectivity index (χ0) is 8.81. The highest BCUT2D eigenvalue weighted by Crippen LogP contribution is 2.25. The van der Waals surface area contributed by atoms with Crippen LogP contribution < -0.4 is 0 Å². The highest BCUT2D eigenvalue weighted by Gasteiger charge is 1.92. The molecule has 0 aromatic heterocycles. The molecule has 0 aliphatic rings. The van der Waals surface area contributed by atoms with Crippen LogP contribution >= 0.6 is 23.5 Å². The molecule has 2 heteroatoms. The molecule has 12 heavy (non-hydrogen) atoms. The molecule has 0 aliphatic heterocycles. The monoisotopic (exact) mass is 194 g/mol. The number of benzene rings is 1. The van der Waals surface area contributed by atoms with E-state index in [1.807, 2.05) is 16.9 Å². The summed E-state index contributed by atoms with van der Waals surface area (Å²) in [5.41, 5.74) is 0. The summed E-state index contributed by atoms with van der Waals surface area (Å²) in [6.45, 7) is 7.34. The molecule has 0 radical (unpaired) electrons. The molecular formula is C10H10S2. The molecule has 0 nitrogen and oxygen atoms in total. The van der Waals surface area contributed by atoms with Crippen LogP contribution in [-0.2, 0) is 0 Å². The average molecular weight is 194 g/mol. The maximum Gasteiger partial charge on any atom is 0.0127 e. The minimum Gasteiger partial charge on any atom is -0.0987 e. The fraction of sp³-hybridized carbons (Fsp3) is 0. The Hall–Kier alpha value is -0.600. The summed E-state index contributed by atoms with van der Waals surface area (Å²) in [7, 11) is 0. The van der Waals surface area contributed by atoms with Crippen LogP contribution in [-0.4, -0.2) is 0 Å². The Balaban J connectivity index is 2.79. The van der Waals surface area contributed by atoms with E-state index in [1.165, 1.54) is 9.79 Å². The normalized spacial score (nSPS) is 9.33. The summed E-state index contributed by atoms with van der Waals surface area (Å²) >= 11 is 3.26. The van der Waals surface area contributed by atoms with Gasteiger partial charge in [0, 0.05) is 9.79 Å². The van der Waals surface area contributed by atoms with Crippen molar-refractivity contribution in [1.29, 1.82) is 0 Å². The van der Waals surface area contributed by atoms with Gasteiger partial charge in [0.05, 0.1) is 0 Å². The van der Waals surface area contributed by atoms with Crippen LogP contribution in [0, 0.1) is 0 Å². The van der Waals surface area contributed by atoms with Crippen molar-refractivity contribution >= 4 is 23.5 Å². The lowest BCUT2D eigenvalue weighted by Crippen LogP contribution is -1.70. The molecule has 0 spiro atoms. The summed E-state index contributed by atoms with van der Waals surface area (Å²) in [5.74, 6) is 0. The van der Waals surface area contributed by atoms with Crippen LogP contribution in [0.2, 0.25) is 0 Å². The van der Waals surface area contributed by atoms with E-state index in [4.69, 9.17) is 0 Å². The van der Waals surface area contributed by atoms with Gasteiger partial charge in [-0.1, -0.05) is 42.7 Å². The van der Waals surface area contributed by atoms with Gasteiger partial charge in [0.25, 0.3) is 0 Å². The van der Waals surface area contributed by atoms with Gasteiger partial charge in [-0.3, -0.25) is 0 Å². The van der Waals surface area contributed by atoms with Gasteiger partial charge < -0.3 is 0 Å². The molecular weight excluding hydrogens is 184 g/mol. The molecule has 1 aromatic rings. The topological polar surface area (TPSA) is 0 Å². The van der Waals surface area contributed by atoms with E-state index in [1.54, 1.807) is 23.5 Å². The first-order chi connectivity index (χ1) is 5.86. The lowest BCUT2D eigenvalue weighted by Gasteiger charge is -1.98. The molecule has 0 atom stereocenters. The third kappa shape index (κ3) is 2.80. The van der Waals surface area contributed by atoms with Crippen LogP contribution in [0.1, 0.15) is 0 Å². The van der Waals surface area contributed by atoms with Crippen LogP contribution in [0.25, 0.3) is 0 Å². The van der Waals surface area contributed by atoms with Crippen LogP contribution in [0.4, 0.5) is 0 Å². The maximum atomic E-state index is 3.67. The zero-order valence-electron chi connectivity index (χ0n) is 6.69. The molecule has 62 valence electrons.